The fraction of sp³-hybridized carbons (Fsp3) is 0. The van der Waals surface area contributed by atoms with Crippen LogP contribution in [0.25, 0.3) is 5.69 Å². The van der Waals surface area contributed by atoms with Crippen LogP contribution >= 0.6 is 15.9 Å². The van der Waals surface area contributed by atoms with E-state index < -0.39 is 11.8 Å². The first-order valence-electron chi connectivity index (χ1n) is 4.19. The molecule has 0 unspecified atom stereocenters. The van der Waals surface area contributed by atoms with Crippen LogP contribution in [0.4, 0.5) is 4.39 Å². The van der Waals surface area contributed by atoms with Crippen LogP contribution in [0.15, 0.2) is 28.9 Å². The van der Waals surface area contributed by atoms with Crippen LogP contribution in [0.2, 0.25) is 0 Å². The molecule has 0 atom stereocenters. The molecule has 2 aromatic rings. The van der Waals surface area contributed by atoms with Crippen LogP contribution in [0.1, 0.15) is 10.5 Å². The van der Waals surface area contributed by atoms with Gasteiger partial charge in [-0.05, 0) is 18.2 Å². The molecule has 2 rings (SSSR count). The Balaban J connectivity index is 2.46. The number of halogens is 2. The quantitative estimate of drug-likeness (QED) is 0.915. The zero-order chi connectivity index (χ0) is 11.7. The first-order valence-corrected chi connectivity index (χ1v) is 4.98. The Kier molecular flexibility index (Phi) is 2.69. The number of benzene rings is 1. The van der Waals surface area contributed by atoms with Crippen molar-refractivity contribution in [3.05, 3.63) is 40.4 Å². The van der Waals surface area contributed by atoms with Crippen LogP contribution in [0, 0.1) is 5.82 Å². The van der Waals surface area contributed by atoms with Crippen molar-refractivity contribution in [2.45, 2.75) is 0 Å². The molecule has 16 heavy (non-hydrogen) atoms. The summed E-state index contributed by atoms with van der Waals surface area (Å²) in [7, 11) is 0. The van der Waals surface area contributed by atoms with Crippen molar-refractivity contribution in [1.29, 1.82) is 0 Å². The molecule has 7 heteroatoms. The highest BCUT2D eigenvalue weighted by atomic mass is 79.9. The summed E-state index contributed by atoms with van der Waals surface area (Å²) in [6, 6.07) is 4.36. The van der Waals surface area contributed by atoms with Crippen molar-refractivity contribution in [1.82, 2.24) is 15.0 Å². The average Bonchev–Trinajstić information content (AvgIpc) is 2.66. The van der Waals surface area contributed by atoms with E-state index in [0.29, 0.717) is 4.47 Å². The van der Waals surface area contributed by atoms with Crippen molar-refractivity contribution >= 4 is 21.9 Å². The minimum absolute atomic E-state index is 0.142. The lowest BCUT2D eigenvalue weighted by atomic mass is 10.3. The third kappa shape index (κ3) is 1.94. The van der Waals surface area contributed by atoms with Gasteiger partial charge in [-0.2, -0.15) is 0 Å². The van der Waals surface area contributed by atoms with Crippen molar-refractivity contribution in [2.24, 2.45) is 0 Å². The van der Waals surface area contributed by atoms with Gasteiger partial charge in [-0.1, -0.05) is 21.1 Å². The van der Waals surface area contributed by atoms with Crippen LogP contribution in [-0.2, 0) is 0 Å². The van der Waals surface area contributed by atoms with Gasteiger partial charge in [0.25, 0.3) is 0 Å². The molecule has 5 nitrogen and oxygen atoms in total. The normalized spacial score (nSPS) is 10.4. The van der Waals surface area contributed by atoms with E-state index in [1.165, 1.54) is 12.1 Å². The summed E-state index contributed by atoms with van der Waals surface area (Å²) >= 11 is 3.12. The molecule has 0 bridgehead atoms. The zero-order valence-electron chi connectivity index (χ0n) is 7.76. The maximum Gasteiger partial charge on any atom is 0.358 e. The summed E-state index contributed by atoms with van der Waals surface area (Å²) in [6.07, 6.45) is 1.15. The fourth-order valence-electron chi connectivity index (χ4n) is 1.15. The molecular weight excluding hydrogens is 281 g/mol. The Bertz CT molecular complexity index is 555. The number of rotatable bonds is 2. The van der Waals surface area contributed by atoms with E-state index in [9.17, 15) is 9.18 Å². The van der Waals surface area contributed by atoms with Crippen molar-refractivity contribution in [2.75, 3.05) is 0 Å². The molecule has 1 heterocycles. The standard InChI is InChI=1S/C9H5BrFN3O2/c10-5-1-2-8(6(11)3-5)14-4-7(9(15)16)12-13-14/h1-4H,(H,15,16). The number of carbonyl (C=O) groups is 1. The van der Waals surface area contributed by atoms with Gasteiger partial charge in [0.05, 0.1) is 6.20 Å². The second-order valence-corrected chi connectivity index (χ2v) is 3.86. The molecule has 82 valence electrons. The Morgan fingerprint density at radius 1 is 1.50 bits per heavy atom. The number of carboxylic acids is 1. The molecule has 0 radical (unpaired) electrons. The Labute approximate surface area is 97.6 Å². The summed E-state index contributed by atoms with van der Waals surface area (Å²) in [5, 5.41) is 15.6. The van der Waals surface area contributed by atoms with E-state index >= 15 is 0 Å². The minimum Gasteiger partial charge on any atom is -0.476 e. The first kappa shape index (κ1) is 10.7. The summed E-state index contributed by atoms with van der Waals surface area (Å²) in [5.74, 6) is -1.72. The Morgan fingerprint density at radius 3 is 2.81 bits per heavy atom. The van der Waals surface area contributed by atoms with Crippen LogP contribution in [0.3, 0.4) is 0 Å². The van der Waals surface area contributed by atoms with Gasteiger partial charge in [-0.3, -0.25) is 0 Å². The SMILES string of the molecule is O=C(O)c1cn(-c2ccc(Br)cc2F)nn1. The van der Waals surface area contributed by atoms with Gasteiger partial charge in [-0.25, -0.2) is 13.9 Å². The molecule has 0 spiro atoms. The van der Waals surface area contributed by atoms with Crippen molar-refractivity contribution < 1.29 is 14.3 Å². The van der Waals surface area contributed by atoms with E-state index in [4.69, 9.17) is 5.11 Å². The highest BCUT2D eigenvalue weighted by molar-refractivity contribution is 9.10. The Hall–Kier alpha value is -1.76. The highest BCUT2D eigenvalue weighted by Crippen LogP contribution is 2.18. The predicted octanol–water partition coefficient (Wildman–Crippen LogP) is 1.87. The lowest BCUT2D eigenvalue weighted by Crippen LogP contribution is -1.98. The van der Waals surface area contributed by atoms with E-state index in [1.54, 1.807) is 6.07 Å². The maximum absolute atomic E-state index is 13.5. The number of aromatic nitrogens is 3. The molecule has 1 aromatic carbocycles. The maximum atomic E-state index is 13.5. The van der Waals surface area contributed by atoms with E-state index in [0.717, 1.165) is 10.9 Å². The molecule has 0 aliphatic heterocycles. The molecular formula is C9H5BrFN3O2. The smallest absolute Gasteiger partial charge is 0.358 e. The molecule has 0 aliphatic carbocycles. The van der Waals surface area contributed by atoms with Crippen LogP contribution in [-0.4, -0.2) is 26.1 Å². The van der Waals surface area contributed by atoms with Crippen LogP contribution in [0.5, 0.6) is 0 Å². The first-order chi connectivity index (χ1) is 7.58. The van der Waals surface area contributed by atoms with Gasteiger partial charge in [0, 0.05) is 4.47 Å². The van der Waals surface area contributed by atoms with E-state index in [2.05, 4.69) is 26.2 Å². The van der Waals surface area contributed by atoms with E-state index in [-0.39, 0.29) is 11.4 Å². The van der Waals surface area contributed by atoms with Gasteiger partial charge in [0.1, 0.15) is 11.5 Å². The van der Waals surface area contributed by atoms with Gasteiger partial charge >= 0.3 is 5.97 Å². The zero-order valence-corrected chi connectivity index (χ0v) is 9.35. The Morgan fingerprint density at radius 2 is 2.25 bits per heavy atom. The lowest BCUT2D eigenvalue weighted by molar-refractivity contribution is 0.0690. The van der Waals surface area contributed by atoms with Gasteiger partial charge in [-0.15, -0.1) is 5.10 Å². The minimum atomic E-state index is -1.20. The number of nitrogens with zero attached hydrogens (tertiary/aromatic N) is 3. The third-order valence-electron chi connectivity index (χ3n) is 1.87. The predicted molar refractivity (Wildman–Crippen MR) is 56.0 cm³/mol. The number of carboxylic acid groups (broad SMARTS) is 1. The molecule has 0 aliphatic rings. The van der Waals surface area contributed by atoms with Crippen molar-refractivity contribution in [3.8, 4) is 5.69 Å². The fourth-order valence-corrected chi connectivity index (χ4v) is 1.48. The molecule has 0 amide bonds. The van der Waals surface area contributed by atoms with E-state index in [1.807, 2.05) is 0 Å². The number of aromatic carboxylic acids is 1. The molecule has 0 saturated heterocycles. The topological polar surface area (TPSA) is 68.0 Å². The number of hydrogen-bond acceptors (Lipinski definition) is 3. The van der Waals surface area contributed by atoms with Crippen molar-refractivity contribution in [3.63, 3.8) is 0 Å². The second kappa shape index (κ2) is 4.01. The highest BCUT2D eigenvalue weighted by Gasteiger charge is 2.11. The third-order valence-corrected chi connectivity index (χ3v) is 2.36. The second-order valence-electron chi connectivity index (χ2n) is 2.95. The lowest BCUT2D eigenvalue weighted by Gasteiger charge is -2.01. The number of hydrogen-bond donors (Lipinski definition) is 1. The van der Waals surface area contributed by atoms with Gasteiger partial charge < -0.3 is 5.11 Å². The molecule has 0 fully saturated rings. The summed E-state index contributed by atoms with van der Waals surface area (Å²) in [5.41, 5.74) is -0.0921. The van der Waals surface area contributed by atoms with Crippen LogP contribution < -0.4 is 0 Å². The molecule has 1 aromatic heterocycles. The summed E-state index contributed by atoms with van der Waals surface area (Å²) in [4.78, 5) is 10.6. The van der Waals surface area contributed by atoms with Gasteiger partial charge in [0.15, 0.2) is 5.69 Å². The molecule has 1 N–H and O–H groups in total. The summed E-state index contributed by atoms with van der Waals surface area (Å²) < 4.78 is 15.1. The largest absolute Gasteiger partial charge is 0.476 e. The molecule has 0 saturated carbocycles. The summed E-state index contributed by atoms with van der Waals surface area (Å²) in [6.45, 7) is 0. The monoisotopic (exact) mass is 285 g/mol. The van der Waals surface area contributed by atoms with Gasteiger partial charge in [0.2, 0.25) is 0 Å². The average molecular weight is 286 g/mol.